The Morgan fingerprint density at radius 1 is 1.00 bits per heavy atom. The third kappa shape index (κ3) is 4.18. The van der Waals surface area contributed by atoms with E-state index in [1.165, 1.54) is 25.5 Å². The molecule has 0 aliphatic carbocycles. The fourth-order valence-electron chi connectivity index (χ4n) is 3.10. The van der Waals surface area contributed by atoms with Crippen molar-refractivity contribution in [1.29, 1.82) is 0 Å². The molecular weight excluding hydrogens is 314 g/mol. The standard InChI is InChI=1S/C20H23N3O2/c1-14-12-18(23-10-3-4-11-23)8-9-19(14)22-20(25)16-6-5-7-17(13-16)21-15(2)24/h5-9,12-13H,3-4,10-11H2,1-2H3,(H,21,24)(H,22,25). The van der Waals surface area contributed by atoms with Gasteiger partial charge in [-0.05, 0) is 61.7 Å². The zero-order valence-corrected chi connectivity index (χ0v) is 14.6. The number of carbonyl (C=O) groups excluding carboxylic acids is 2. The summed E-state index contributed by atoms with van der Waals surface area (Å²) in [6, 6.07) is 13.0. The molecule has 0 radical (unpaired) electrons. The third-order valence-electron chi connectivity index (χ3n) is 4.37. The number of hydrogen-bond acceptors (Lipinski definition) is 3. The van der Waals surface area contributed by atoms with E-state index in [1.54, 1.807) is 24.3 Å². The van der Waals surface area contributed by atoms with Gasteiger partial charge in [0, 0.05) is 42.6 Å². The minimum absolute atomic E-state index is 0.161. The maximum Gasteiger partial charge on any atom is 0.255 e. The van der Waals surface area contributed by atoms with Crippen LogP contribution < -0.4 is 15.5 Å². The van der Waals surface area contributed by atoms with Crippen LogP contribution in [0.3, 0.4) is 0 Å². The normalized spacial score (nSPS) is 13.6. The van der Waals surface area contributed by atoms with E-state index in [-0.39, 0.29) is 11.8 Å². The van der Waals surface area contributed by atoms with E-state index >= 15 is 0 Å². The summed E-state index contributed by atoms with van der Waals surface area (Å²) in [5.74, 6) is -0.352. The molecule has 1 aliphatic heterocycles. The van der Waals surface area contributed by atoms with Gasteiger partial charge in [0.1, 0.15) is 0 Å². The number of nitrogens with one attached hydrogen (secondary N) is 2. The fraction of sp³-hybridized carbons (Fsp3) is 0.300. The second-order valence-electron chi connectivity index (χ2n) is 6.41. The van der Waals surface area contributed by atoms with Crippen LogP contribution >= 0.6 is 0 Å². The molecule has 25 heavy (non-hydrogen) atoms. The summed E-state index contributed by atoms with van der Waals surface area (Å²) in [4.78, 5) is 26.0. The second-order valence-corrected chi connectivity index (χ2v) is 6.41. The maximum atomic E-state index is 12.5. The number of benzene rings is 2. The first-order valence-electron chi connectivity index (χ1n) is 8.57. The zero-order valence-electron chi connectivity index (χ0n) is 14.6. The van der Waals surface area contributed by atoms with E-state index < -0.39 is 0 Å². The first-order chi connectivity index (χ1) is 12.0. The number of amides is 2. The molecule has 1 fully saturated rings. The van der Waals surface area contributed by atoms with Gasteiger partial charge >= 0.3 is 0 Å². The molecule has 1 saturated heterocycles. The van der Waals surface area contributed by atoms with E-state index in [0.717, 1.165) is 24.3 Å². The second kappa shape index (κ2) is 7.38. The first kappa shape index (κ1) is 17.0. The average molecular weight is 337 g/mol. The van der Waals surface area contributed by atoms with Crippen molar-refractivity contribution in [3.63, 3.8) is 0 Å². The van der Waals surface area contributed by atoms with Crippen LogP contribution in [0.15, 0.2) is 42.5 Å². The highest BCUT2D eigenvalue weighted by Gasteiger charge is 2.14. The van der Waals surface area contributed by atoms with E-state index in [9.17, 15) is 9.59 Å². The molecule has 2 amide bonds. The van der Waals surface area contributed by atoms with Crippen molar-refractivity contribution in [3.8, 4) is 0 Å². The molecule has 1 aliphatic rings. The van der Waals surface area contributed by atoms with Gasteiger partial charge in [0.25, 0.3) is 5.91 Å². The quantitative estimate of drug-likeness (QED) is 0.892. The van der Waals surface area contributed by atoms with Gasteiger partial charge in [0.05, 0.1) is 0 Å². The molecule has 0 saturated carbocycles. The Hall–Kier alpha value is -2.82. The van der Waals surface area contributed by atoms with Crippen LogP contribution in [-0.4, -0.2) is 24.9 Å². The maximum absolute atomic E-state index is 12.5. The van der Waals surface area contributed by atoms with E-state index in [4.69, 9.17) is 0 Å². The molecule has 0 atom stereocenters. The highest BCUT2D eigenvalue weighted by Crippen LogP contribution is 2.26. The van der Waals surface area contributed by atoms with Gasteiger partial charge in [-0.2, -0.15) is 0 Å². The van der Waals surface area contributed by atoms with Crippen LogP contribution in [0.2, 0.25) is 0 Å². The minimum atomic E-state index is -0.191. The molecule has 1 heterocycles. The number of hydrogen-bond donors (Lipinski definition) is 2. The van der Waals surface area contributed by atoms with Gasteiger partial charge in [-0.25, -0.2) is 0 Å². The molecule has 0 aromatic heterocycles. The summed E-state index contributed by atoms with van der Waals surface area (Å²) in [7, 11) is 0. The Morgan fingerprint density at radius 3 is 2.44 bits per heavy atom. The number of rotatable bonds is 4. The summed E-state index contributed by atoms with van der Waals surface area (Å²) in [6.45, 7) is 5.64. The van der Waals surface area contributed by atoms with Gasteiger partial charge in [-0.15, -0.1) is 0 Å². The minimum Gasteiger partial charge on any atom is -0.372 e. The molecule has 0 spiro atoms. The average Bonchev–Trinajstić information content (AvgIpc) is 3.11. The van der Waals surface area contributed by atoms with Crippen molar-refractivity contribution in [2.45, 2.75) is 26.7 Å². The summed E-state index contributed by atoms with van der Waals surface area (Å²) in [5.41, 5.74) is 4.17. The highest BCUT2D eigenvalue weighted by atomic mass is 16.2. The predicted molar refractivity (Wildman–Crippen MR) is 101 cm³/mol. The molecule has 5 nitrogen and oxygen atoms in total. The summed E-state index contributed by atoms with van der Waals surface area (Å²) < 4.78 is 0. The number of aryl methyl sites for hydroxylation is 1. The Bertz CT molecular complexity index is 795. The van der Waals surface area contributed by atoms with Crippen LogP contribution in [0.1, 0.15) is 35.7 Å². The topological polar surface area (TPSA) is 61.4 Å². The van der Waals surface area contributed by atoms with E-state index in [1.807, 2.05) is 13.0 Å². The molecule has 0 bridgehead atoms. The lowest BCUT2D eigenvalue weighted by Gasteiger charge is -2.19. The SMILES string of the molecule is CC(=O)Nc1cccc(C(=O)Nc2ccc(N3CCCC3)cc2C)c1. The van der Waals surface area contributed by atoms with Gasteiger partial charge in [0.2, 0.25) is 5.91 Å². The molecule has 5 heteroatoms. The van der Waals surface area contributed by atoms with Gasteiger partial charge in [-0.1, -0.05) is 6.07 Å². The molecule has 2 N–H and O–H groups in total. The van der Waals surface area contributed by atoms with Crippen LogP contribution in [0.5, 0.6) is 0 Å². The fourth-order valence-corrected chi connectivity index (χ4v) is 3.10. The van der Waals surface area contributed by atoms with Crippen molar-refractivity contribution in [2.75, 3.05) is 28.6 Å². The van der Waals surface area contributed by atoms with Crippen molar-refractivity contribution in [1.82, 2.24) is 0 Å². The van der Waals surface area contributed by atoms with Crippen molar-refractivity contribution in [2.24, 2.45) is 0 Å². The number of anilines is 3. The summed E-state index contributed by atoms with van der Waals surface area (Å²) >= 11 is 0. The molecule has 2 aromatic carbocycles. The molecule has 0 unspecified atom stereocenters. The zero-order chi connectivity index (χ0) is 17.8. The Kier molecular flexibility index (Phi) is 5.03. The van der Waals surface area contributed by atoms with Gasteiger partial charge in [-0.3, -0.25) is 9.59 Å². The molecule has 2 aromatic rings. The van der Waals surface area contributed by atoms with Crippen molar-refractivity contribution < 1.29 is 9.59 Å². The lowest BCUT2D eigenvalue weighted by Crippen LogP contribution is -2.18. The largest absolute Gasteiger partial charge is 0.372 e. The van der Waals surface area contributed by atoms with Gasteiger partial charge in [0.15, 0.2) is 0 Å². The van der Waals surface area contributed by atoms with Crippen molar-refractivity contribution in [3.05, 3.63) is 53.6 Å². The molecule has 130 valence electrons. The molecule has 3 rings (SSSR count). The van der Waals surface area contributed by atoms with Crippen molar-refractivity contribution >= 4 is 28.9 Å². The van der Waals surface area contributed by atoms with E-state index in [2.05, 4.69) is 27.7 Å². The Balaban J connectivity index is 1.73. The monoisotopic (exact) mass is 337 g/mol. The lowest BCUT2D eigenvalue weighted by atomic mass is 10.1. The van der Waals surface area contributed by atoms with E-state index in [0.29, 0.717) is 11.3 Å². The van der Waals surface area contributed by atoms with Gasteiger partial charge < -0.3 is 15.5 Å². The first-order valence-corrected chi connectivity index (χ1v) is 8.57. The number of carbonyl (C=O) groups is 2. The van der Waals surface area contributed by atoms with Crippen LogP contribution in [-0.2, 0) is 4.79 Å². The third-order valence-corrected chi connectivity index (χ3v) is 4.37. The summed E-state index contributed by atoms with van der Waals surface area (Å²) in [6.07, 6.45) is 2.48. The lowest BCUT2D eigenvalue weighted by molar-refractivity contribution is -0.114. The van der Waals surface area contributed by atoms with Crippen LogP contribution in [0.4, 0.5) is 17.1 Å². The predicted octanol–water partition coefficient (Wildman–Crippen LogP) is 3.81. The number of nitrogens with zero attached hydrogens (tertiary/aromatic N) is 1. The van der Waals surface area contributed by atoms with Crippen LogP contribution in [0, 0.1) is 6.92 Å². The van der Waals surface area contributed by atoms with Crippen LogP contribution in [0.25, 0.3) is 0 Å². The molecular formula is C20H23N3O2. The summed E-state index contributed by atoms with van der Waals surface area (Å²) in [5, 5.41) is 5.64. The smallest absolute Gasteiger partial charge is 0.255 e. The Labute approximate surface area is 148 Å². The highest BCUT2D eigenvalue weighted by molar-refractivity contribution is 6.05. The Morgan fingerprint density at radius 2 is 1.76 bits per heavy atom.